The first-order valence-electron chi connectivity index (χ1n) is 12.8. The molecule has 6 nitrogen and oxygen atoms in total. The minimum Gasteiger partial charge on any atom is -0.492 e. The van der Waals surface area contributed by atoms with Gasteiger partial charge < -0.3 is 20.7 Å². The monoisotopic (exact) mass is 550 g/mol. The van der Waals surface area contributed by atoms with Crippen LogP contribution in [0, 0.1) is 17.0 Å². The lowest BCUT2D eigenvalue weighted by molar-refractivity contribution is -0.123. The van der Waals surface area contributed by atoms with E-state index in [2.05, 4.69) is 5.32 Å². The zero-order valence-corrected chi connectivity index (χ0v) is 22.7. The first-order valence-corrected chi connectivity index (χ1v) is 12.8. The van der Waals surface area contributed by atoms with Crippen molar-refractivity contribution in [3.63, 3.8) is 0 Å². The standard InChI is InChI=1S/C31H33F3N4O2/c1-4-23(30-25(32)7-5-8-26(30)33)29(21-12-15-27(35)24(19-21)31(34)36)20-10-13-22(14-11-20)40-18-17-37-16-6-9-28(39)38(2)3/h5-15,19,36-37H,4,16-18,35H2,1-3H3/b9-6+,29-23+,36-31?. The molecule has 0 heterocycles. The molecule has 210 valence electrons. The zero-order chi connectivity index (χ0) is 29.2. The van der Waals surface area contributed by atoms with Crippen LogP contribution in [0.2, 0.25) is 0 Å². The lowest BCUT2D eigenvalue weighted by Gasteiger charge is -2.18. The van der Waals surface area contributed by atoms with E-state index in [1.165, 1.54) is 41.3 Å². The van der Waals surface area contributed by atoms with E-state index in [0.29, 0.717) is 47.7 Å². The maximum absolute atomic E-state index is 14.9. The van der Waals surface area contributed by atoms with Crippen LogP contribution in [0.1, 0.15) is 35.6 Å². The van der Waals surface area contributed by atoms with Gasteiger partial charge in [-0.3, -0.25) is 10.2 Å². The third-order valence-corrected chi connectivity index (χ3v) is 6.15. The minimum atomic E-state index is -1.20. The van der Waals surface area contributed by atoms with Gasteiger partial charge in [-0.15, -0.1) is 0 Å². The number of carbonyl (C=O) groups is 1. The Hall–Kier alpha value is -4.37. The quantitative estimate of drug-likeness (QED) is 0.0871. The number of nitrogens with two attached hydrogens (primary N) is 1. The molecule has 0 atom stereocenters. The summed E-state index contributed by atoms with van der Waals surface area (Å²) < 4.78 is 49.5. The molecule has 0 bridgehead atoms. The van der Waals surface area contributed by atoms with Crippen molar-refractivity contribution in [3.8, 4) is 5.75 Å². The van der Waals surface area contributed by atoms with Crippen LogP contribution in [0.15, 0.2) is 72.8 Å². The minimum absolute atomic E-state index is 0.0860. The van der Waals surface area contributed by atoms with Gasteiger partial charge in [0.1, 0.15) is 24.0 Å². The van der Waals surface area contributed by atoms with Crippen molar-refractivity contribution >= 4 is 28.7 Å². The van der Waals surface area contributed by atoms with Gasteiger partial charge in [0.05, 0.1) is 5.56 Å². The van der Waals surface area contributed by atoms with Crippen LogP contribution in [0.4, 0.5) is 18.9 Å². The Morgan fingerprint density at radius 2 is 1.70 bits per heavy atom. The fraction of sp³-hybridized carbons (Fsp3) is 0.226. The molecular formula is C31H33F3N4O2. The molecule has 0 unspecified atom stereocenters. The van der Waals surface area contributed by atoms with E-state index in [9.17, 15) is 18.0 Å². The molecule has 1 amide bonds. The molecule has 0 aliphatic rings. The van der Waals surface area contributed by atoms with Crippen LogP contribution < -0.4 is 15.8 Å². The maximum Gasteiger partial charge on any atom is 0.245 e. The number of allylic oxidation sites excluding steroid dienone is 1. The van der Waals surface area contributed by atoms with Crippen molar-refractivity contribution in [1.82, 2.24) is 10.2 Å². The first-order chi connectivity index (χ1) is 19.1. The van der Waals surface area contributed by atoms with Gasteiger partial charge in [0.25, 0.3) is 0 Å². The highest BCUT2D eigenvalue weighted by Gasteiger charge is 2.20. The molecule has 0 saturated carbocycles. The highest BCUT2D eigenvalue weighted by molar-refractivity contribution is 6.02. The third kappa shape index (κ3) is 7.60. The summed E-state index contributed by atoms with van der Waals surface area (Å²) in [6, 6.07) is 15.2. The van der Waals surface area contributed by atoms with Crippen molar-refractivity contribution in [3.05, 3.63) is 107 Å². The number of hydrogen-bond donors (Lipinski definition) is 3. The second-order valence-electron chi connectivity index (χ2n) is 9.13. The van der Waals surface area contributed by atoms with E-state index in [1.807, 2.05) is 0 Å². The summed E-state index contributed by atoms with van der Waals surface area (Å²) in [7, 11) is 3.37. The van der Waals surface area contributed by atoms with Crippen molar-refractivity contribution in [2.24, 2.45) is 0 Å². The second-order valence-corrected chi connectivity index (χ2v) is 9.13. The number of amides is 1. The Morgan fingerprint density at radius 3 is 2.30 bits per heavy atom. The fourth-order valence-electron chi connectivity index (χ4n) is 4.13. The van der Waals surface area contributed by atoms with Gasteiger partial charge in [0, 0.05) is 44.5 Å². The molecule has 40 heavy (non-hydrogen) atoms. The number of nitrogen functional groups attached to an aromatic ring is 1. The third-order valence-electron chi connectivity index (χ3n) is 6.15. The SMILES string of the molecule is CC/C(=C(/c1ccc(OCCNC/C=C/C(=O)N(C)C)cc1)c1ccc(N)c(C(=N)F)c1)c1c(F)cccc1F. The number of nitrogens with one attached hydrogen (secondary N) is 2. The number of hydrogen-bond acceptors (Lipinski definition) is 5. The van der Waals surface area contributed by atoms with Gasteiger partial charge in [0.15, 0.2) is 0 Å². The number of carbonyl (C=O) groups excluding carboxylic acids is 1. The molecule has 0 fully saturated rings. The van der Waals surface area contributed by atoms with E-state index in [4.69, 9.17) is 15.9 Å². The normalized spacial score (nSPS) is 11.8. The lowest BCUT2D eigenvalue weighted by atomic mass is 9.87. The van der Waals surface area contributed by atoms with Crippen LogP contribution in [0.25, 0.3) is 11.1 Å². The summed E-state index contributed by atoms with van der Waals surface area (Å²) in [6.45, 7) is 3.22. The Balaban J connectivity index is 1.89. The van der Waals surface area contributed by atoms with Gasteiger partial charge >= 0.3 is 0 Å². The van der Waals surface area contributed by atoms with E-state index >= 15 is 0 Å². The van der Waals surface area contributed by atoms with Crippen molar-refractivity contribution < 1.29 is 22.7 Å². The summed E-state index contributed by atoms with van der Waals surface area (Å²) >= 11 is 0. The number of likely N-dealkylation sites (N-methyl/N-ethyl adjacent to an activating group) is 1. The van der Waals surface area contributed by atoms with Crippen molar-refractivity contribution in [2.75, 3.05) is 39.5 Å². The molecule has 0 spiro atoms. The number of benzene rings is 3. The van der Waals surface area contributed by atoms with Crippen LogP contribution in [0.3, 0.4) is 0 Å². The highest BCUT2D eigenvalue weighted by Crippen LogP contribution is 2.38. The van der Waals surface area contributed by atoms with E-state index in [-0.39, 0.29) is 29.1 Å². The Kier molecular flexibility index (Phi) is 10.7. The highest BCUT2D eigenvalue weighted by atomic mass is 19.1. The average Bonchev–Trinajstić information content (AvgIpc) is 2.92. The smallest absolute Gasteiger partial charge is 0.245 e. The largest absolute Gasteiger partial charge is 0.492 e. The van der Waals surface area contributed by atoms with E-state index in [1.54, 1.807) is 57.4 Å². The molecule has 9 heteroatoms. The van der Waals surface area contributed by atoms with Crippen molar-refractivity contribution in [2.45, 2.75) is 13.3 Å². The molecule has 3 aromatic rings. The first kappa shape index (κ1) is 30.2. The van der Waals surface area contributed by atoms with Crippen molar-refractivity contribution in [1.29, 1.82) is 5.41 Å². The van der Waals surface area contributed by atoms with Gasteiger partial charge in [-0.25, -0.2) is 8.78 Å². The van der Waals surface area contributed by atoms with Crippen LogP contribution >= 0.6 is 0 Å². The lowest BCUT2D eigenvalue weighted by Crippen LogP contribution is -2.22. The topological polar surface area (TPSA) is 91.4 Å². The summed E-state index contributed by atoms with van der Waals surface area (Å²) in [5.41, 5.74) is 7.65. The number of nitrogens with zero attached hydrogens (tertiary/aromatic N) is 1. The van der Waals surface area contributed by atoms with Crippen LogP contribution in [-0.2, 0) is 4.79 Å². The summed E-state index contributed by atoms with van der Waals surface area (Å²) in [5, 5.41) is 10.6. The number of halogens is 3. The summed E-state index contributed by atoms with van der Waals surface area (Å²) in [4.78, 5) is 13.0. The molecular weight excluding hydrogens is 517 g/mol. The molecule has 0 aliphatic carbocycles. The molecule has 3 aromatic carbocycles. The Labute approximate surface area is 232 Å². The van der Waals surface area contributed by atoms with Gasteiger partial charge in [-0.05, 0) is 65.1 Å². The van der Waals surface area contributed by atoms with Gasteiger partial charge in [0.2, 0.25) is 11.9 Å². The van der Waals surface area contributed by atoms with Crippen LogP contribution in [-0.4, -0.2) is 50.6 Å². The summed E-state index contributed by atoms with van der Waals surface area (Å²) in [5.74, 6) is -2.13. The molecule has 3 rings (SSSR count). The fourth-order valence-corrected chi connectivity index (χ4v) is 4.13. The van der Waals surface area contributed by atoms with Gasteiger partial charge in [-0.2, -0.15) is 4.39 Å². The van der Waals surface area contributed by atoms with Gasteiger partial charge in [-0.1, -0.05) is 37.3 Å². The predicted octanol–water partition coefficient (Wildman–Crippen LogP) is 5.82. The van der Waals surface area contributed by atoms with E-state index in [0.717, 1.165) is 0 Å². The number of rotatable bonds is 12. The number of anilines is 1. The zero-order valence-electron chi connectivity index (χ0n) is 22.7. The molecule has 0 saturated heterocycles. The average molecular weight is 551 g/mol. The molecule has 4 N–H and O–H groups in total. The Morgan fingerprint density at radius 1 is 1.05 bits per heavy atom. The summed E-state index contributed by atoms with van der Waals surface area (Å²) in [6.07, 6.45) is 3.51. The maximum atomic E-state index is 14.9. The van der Waals surface area contributed by atoms with E-state index < -0.39 is 17.6 Å². The molecule has 0 aromatic heterocycles. The molecule has 0 aliphatic heterocycles. The molecule has 0 radical (unpaired) electrons. The second kappa shape index (κ2) is 14.1. The predicted molar refractivity (Wildman–Crippen MR) is 154 cm³/mol. The number of ether oxygens (including phenoxy) is 1. The Bertz CT molecular complexity index is 1400. The van der Waals surface area contributed by atoms with Crippen LogP contribution in [0.5, 0.6) is 5.75 Å².